The minimum atomic E-state index is 0.756. The van der Waals surface area contributed by atoms with Gasteiger partial charge in [0.15, 0.2) is 0 Å². The van der Waals surface area contributed by atoms with Crippen LogP contribution in [0.5, 0.6) is 0 Å². The third-order valence-electron chi connectivity index (χ3n) is 3.86. The molecular weight excluding hydrogens is 208 g/mol. The van der Waals surface area contributed by atoms with Gasteiger partial charge in [-0.05, 0) is 50.4 Å². The predicted molar refractivity (Wildman–Crippen MR) is 74.1 cm³/mol. The maximum atomic E-state index is 5.70. The van der Waals surface area contributed by atoms with Crippen molar-refractivity contribution in [3.8, 4) is 0 Å². The van der Waals surface area contributed by atoms with Gasteiger partial charge < -0.3 is 10.6 Å². The summed E-state index contributed by atoms with van der Waals surface area (Å²) in [5.41, 5.74) is 7.95. The molecule has 1 aromatic rings. The van der Waals surface area contributed by atoms with Crippen molar-refractivity contribution in [3.63, 3.8) is 0 Å². The minimum absolute atomic E-state index is 0.756. The second-order valence-corrected chi connectivity index (χ2v) is 5.23. The lowest BCUT2D eigenvalue weighted by atomic mass is 10.1. The van der Waals surface area contributed by atoms with Gasteiger partial charge in [0.1, 0.15) is 0 Å². The highest BCUT2D eigenvalue weighted by atomic mass is 15.1. The van der Waals surface area contributed by atoms with Crippen LogP contribution in [0.15, 0.2) is 24.3 Å². The molecule has 1 fully saturated rings. The molecule has 1 aliphatic rings. The van der Waals surface area contributed by atoms with E-state index in [1.165, 1.54) is 44.3 Å². The highest BCUT2D eigenvalue weighted by molar-refractivity contribution is 5.39. The van der Waals surface area contributed by atoms with Crippen LogP contribution in [0.25, 0.3) is 0 Å². The second kappa shape index (κ2) is 6.06. The fraction of sp³-hybridized carbons (Fsp3) is 0.600. The van der Waals surface area contributed by atoms with E-state index in [1.807, 2.05) is 12.1 Å². The highest BCUT2D eigenvalue weighted by Crippen LogP contribution is 2.17. The topological polar surface area (TPSA) is 29.3 Å². The SMILES string of the molecule is CC1CCCCCN1CCc1ccc(N)cc1. The largest absolute Gasteiger partial charge is 0.399 e. The average Bonchev–Trinajstić information content (AvgIpc) is 2.54. The van der Waals surface area contributed by atoms with E-state index in [1.54, 1.807) is 0 Å². The predicted octanol–water partition coefficient (Wildman–Crippen LogP) is 3.08. The molecule has 1 saturated heterocycles. The molecular formula is C15H24N2. The highest BCUT2D eigenvalue weighted by Gasteiger charge is 2.15. The number of rotatable bonds is 3. The molecule has 2 heteroatoms. The lowest BCUT2D eigenvalue weighted by Gasteiger charge is -2.26. The number of hydrogen-bond donors (Lipinski definition) is 1. The quantitative estimate of drug-likeness (QED) is 0.812. The molecule has 0 amide bonds. The fourth-order valence-corrected chi connectivity index (χ4v) is 2.62. The standard InChI is InChI=1S/C15H24N2/c1-13-5-3-2-4-11-17(13)12-10-14-6-8-15(16)9-7-14/h6-9,13H,2-5,10-12,16H2,1H3. The van der Waals surface area contributed by atoms with E-state index in [4.69, 9.17) is 5.73 Å². The Morgan fingerprint density at radius 1 is 1.18 bits per heavy atom. The number of benzene rings is 1. The molecule has 0 bridgehead atoms. The summed E-state index contributed by atoms with van der Waals surface area (Å²) in [7, 11) is 0. The molecule has 1 unspecified atom stereocenters. The first-order valence-electron chi connectivity index (χ1n) is 6.84. The van der Waals surface area contributed by atoms with Crippen LogP contribution in [-0.2, 0) is 6.42 Å². The van der Waals surface area contributed by atoms with Crippen molar-refractivity contribution in [2.45, 2.75) is 45.1 Å². The van der Waals surface area contributed by atoms with Gasteiger partial charge in [-0.3, -0.25) is 0 Å². The van der Waals surface area contributed by atoms with Crippen molar-refractivity contribution in [2.24, 2.45) is 0 Å². The van der Waals surface area contributed by atoms with Gasteiger partial charge in [-0.25, -0.2) is 0 Å². The van der Waals surface area contributed by atoms with Gasteiger partial charge in [-0.15, -0.1) is 0 Å². The van der Waals surface area contributed by atoms with Gasteiger partial charge in [0, 0.05) is 18.3 Å². The van der Waals surface area contributed by atoms with Crippen LogP contribution in [0.4, 0.5) is 5.69 Å². The lowest BCUT2D eigenvalue weighted by molar-refractivity contribution is 0.216. The Kier molecular flexibility index (Phi) is 4.43. The monoisotopic (exact) mass is 232 g/mol. The molecule has 1 heterocycles. The Bertz CT molecular complexity index is 331. The van der Waals surface area contributed by atoms with Gasteiger partial charge in [0.2, 0.25) is 0 Å². The zero-order chi connectivity index (χ0) is 12.1. The summed E-state index contributed by atoms with van der Waals surface area (Å²) in [5.74, 6) is 0. The van der Waals surface area contributed by atoms with E-state index in [9.17, 15) is 0 Å². The molecule has 0 aliphatic carbocycles. The van der Waals surface area contributed by atoms with Crippen molar-refractivity contribution in [1.82, 2.24) is 4.90 Å². The molecule has 94 valence electrons. The first kappa shape index (κ1) is 12.4. The third-order valence-corrected chi connectivity index (χ3v) is 3.86. The van der Waals surface area contributed by atoms with Crippen LogP contribution < -0.4 is 5.73 Å². The molecule has 0 spiro atoms. The maximum Gasteiger partial charge on any atom is 0.0314 e. The Labute approximate surface area is 105 Å². The molecule has 2 N–H and O–H groups in total. The van der Waals surface area contributed by atoms with E-state index in [-0.39, 0.29) is 0 Å². The van der Waals surface area contributed by atoms with Crippen molar-refractivity contribution in [1.29, 1.82) is 0 Å². The molecule has 1 aromatic carbocycles. The van der Waals surface area contributed by atoms with Gasteiger partial charge in [-0.2, -0.15) is 0 Å². The summed E-state index contributed by atoms with van der Waals surface area (Å²) < 4.78 is 0. The van der Waals surface area contributed by atoms with E-state index < -0.39 is 0 Å². The zero-order valence-electron chi connectivity index (χ0n) is 10.9. The van der Waals surface area contributed by atoms with Gasteiger partial charge in [0.25, 0.3) is 0 Å². The van der Waals surface area contributed by atoms with Crippen LogP contribution in [-0.4, -0.2) is 24.0 Å². The summed E-state index contributed by atoms with van der Waals surface area (Å²) in [6.45, 7) is 4.83. The van der Waals surface area contributed by atoms with E-state index in [0.717, 1.165) is 18.2 Å². The van der Waals surface area contributed by atoms with Crippen LogP contribution in [0.2, 0.25) is 0 Å². The van der Waals surface area contributed by atoms with Crippen LogP contribution in [0.3, 0.4) is 0 Å². The van der Waals surface area contributed by atoms with Gasteiger partial charge >= 0.3 is 0 Å². The van der Waals surface area contributed by atoms with Crippen molar-refractivity contribution in [3.05, 3.63) is 29.8 Å². The first-order chi connectivity index (χ1) is 8.25. The zero-order valence-corrected chi connectivity index (χ0v) is 10.9. The first-order valence-corrected chi connectivity index (χ1v) is 6.84. The molecule has 0 aromatic heterocycles. The van der Waals surface area contributed by atoms with Crippen molar-refractivity contribution < 1.29 is 0 Å². The third kappa shape index (κ3) is 3.74. The number of likely N-dealkylation sites (tertiary alicyclic amines) is 1. The van der Waals surface area contributed by atoms with E-state index in [0.29, 0.717) is 0 Å². The molecule has 1 atom stereocenters. The average molecular weight is 232 g/mol. The normalized spacial score (nSPS) is 22.3. The van der Waals surface area contributed by atoms with Gasteiger partial charge in [-0.1, -0.05) is 25.0 Å². The van der Waals surface area contributed by atoms with Gasteiger partial charge in [0.05, 0.1) is 0 Å². The number of nitrogen functional groups attached to an aromatic ring is 1. The van der Waals surface area contributed by atoms with E-state index >= 15 is 0 Å². The number of hydrogen-bond acceptors (Lipinski definition) is 2. The Balaban J connectivity index is 1.85. The molecule has 0 radical (unpaired) electrons. The van der Waals surface area contributed by atoms with Crippen LogP contribution in [0.1, 0.15) is 38.2 Å². The molecule has 1 aliphatic heterocycles. The van der Waals surface area contributed by atoms with Crippen molar-refractivity contribution in [2.75, 3.05) is 18.8 Å². The molecule has 17 heavy (non-hydrogen) atoms. The van der Waals surface area contributed by atoms with Crippen LogP contribution >= 0.6 is 0 Å². The Morgan fingerprint density at radius 3 is 2.71 bits per heavy atom. The molecule has 2 rings (SSSR count). The maximum absolute atomic E-state index is 5.70. The Hall–Kier alpha value is -1.02. The molecule has 0 saturated carbocycles. The number of nitrogens with zero attached hydrogens (tertiary/aromatic N) is 1. The molecule has 2 nitrogen and oxygen atoms in total. The summed E-state index contributed by atoms with van der Waals surface area (Å²) in [6.07, 6.45) is 6.68. The summed E-state index contributed by atoms with van der Waals surface area (Å²) >= 11 is 0. The smallest absolute Gasteiger partial charge is 0.0314 e. The van der Waals surface area contributed by atoms with Crippen LogP contribution in [0, 0.1) is 0 Å². The number of anilines is 1. The summed E-state index contributed by atoms with van der Waals surface area (Å²) in [5, 5.41) is 0. The van der Waals surface area contributed by atoms with Crippen molar-refractivity contribution >= 4 is 5.69 Å². The fourth-order valence-electron chi connectivity index (χ4n) is 2.62. The lowest BCUT2D eigenvalue weighted by Crippen LogP contribution is -2.34. The number of nitrogens with two attached hydrogens (primary N) is 1. The minimum Gasteiger partial charge on any atom is -0.399 e. The Morgan fingerprint density at radius 2 is 1.94 bits per heavy atom. The summed E-state index contributed by atoms with van der Waals surface area (Å²) in [6, 6.07) is 9.06. The second-order valence-electron chi connectivity index (χ2n) is 5.23. The summed E-state index contributed by atoms with van der Waals surface area (Å²) in [4.78, 5) is 2.64. The van der Waals surface area contributed by atoms with E-state index in [2.05, 4.69) is 24.0 Å².